The summed E-state index contributed by atoms with van der Waals surface area (Å²) < 4.78 is 19.9. The van der Waals surface area contributed by atoms with Crippen molar-refractivity contribution in [3.8, 4) is 0 Å². The van der Waals surface area contributed by atoms with Crippen molar-refractivity contribution in [3.05, 3.63) is 68.4 Å². The van der Waals surface area contributed by atoms with Crippen LogP contribution in [-0.2, 0) is 9.53 Å². The minimum absolute atomic E-state index is 0.224. The number of hydrogen-bond acceptors (Lipinski definition) is 3. The Morgan fingerprint density at radius 1 is 1.12 bits per heavy atom. The van der Waals surface area contributed by atoms with E-state index in [1.54, 1.807) is 0 Å². The van der Waals surface area contributed by atoms with Gasteiger partial charge in [-0.1, -0.05) is 44.0 Å². The van der Waals surface area contributed by atoms with Crippen molar-refractivity contribution in [2.75, 3.05) is 6.61 Å². The summed E-state index contributed by atoms with van der Waals surface area (Å²) in [6, 6.07) is 11.2. The van der Waals surface area contributed by atoms with E-state index in [4.69, 9.17) is 4.74 Å². The maximum Gasteiger partial charge on any atom is 0.341 e. The second-order valence-corrected chi connectivity index (χ2v) is 6.87. The van der Waals surface area contributed by atoms with Gasteiger partial charge in [0.05, 0.1) is 11.6 Å². The largest absolute Gasteiger partial charge is 0.452 e. The van der Waals surface area contributed by atoms with Crippen LogP contribution in [0.15, 0.2) is 51.4 Å². The number of nitrogens with one attached hydrogen (secondary N) is 1. The fraction of sp³-hybridized carbons (Fsp3) is 0.176. The molecule has 4 nitrogen and oxygen atoms in total. The lowest BCUT2D eigenvalue weighted by Crippen LogP contribution is -2.31. The Hall–Kier alpha value is -1.73. The normalized spacial score (nSPS) is 11.7. The molecule has 1 unspecified atom stereocenters. The van der Waals surface area contributed by atoms with Crippen molar-refractivity contribution in [2.24, 2.45) is 0 Å². The first-order valence-electron chi connectivity index (χ1n) is 7.04. The number of amides is 1. The van der Waals surface area contributed by atoms with Gasteiger partial charge in [0.15, 0.2) is 6.61 Å². The van der Waals surface area contributed by atoms with Gasteiger partial charge in [-0.05, 0) is 42.8 Å². The number of halogens is 3. The van der Waals surface area contributed by atoms with E-state index in [-0.39, 0.29) is 11.6 Å². The summed E-state index contributed by atoms with van der Waals surface area (Å²) in [6.45, 7) is 1.34. The summed E-state index contributed by atoms with van der Waals surface area (Å²) in [5.74, 6) is -2.05. The van der Waals surface area contributed by atoms with Gasteiger partial charge >= 0.3 is 5.97 Å². The number of benzene rings is 2. The molecule has 1 N–H and O–H groups in total. The SMILES string of the molecule is CC(NC(=O)COC(=O)c1cc(Br)ccc1F)c1ccc(Br)cc1. The molecule has 0 aromatic heterocycles. The molecule has 0 aliphatic heterocycles. The van der Waals surface area contributed by atoms with Crippen LogP contribution < -0.4 is 5.32 Å². The Morgan fingerprint density at radius 2 is 1.75 bits per heavy atom. The van der Waals surface area contributed by atoms with E-state index >= 15 is 0 Å². The number of ether oxygens (including phenoxy) is 1. The van der Waals surface area contributed by atoms with Gasteiger partial charge < -0.3 is 10.1 Å². The van der Waals surface area contributed by atoms with Crippen molar-refractivity contribution < 1.29 is 18.7 Å². The zero-order valence-electron chi connectivity index (χ0n) is 12.7. The Bertz CT molecular complexity index is 750. The first kappa shape index (κ1) is 18.6. The van der Waals surface area contributed by atoms with Crippen molar-refractivity contribution in [2.45, 2.75) is 13.0 Å². The van der Waals surface area contributed by atoms with Gasteiger partial charge in [0.2, 0.25) is 0 Å². The molecule has 0 aliphatic carbocycles. The number of carbonyl (C=O) groups excluding carboxylic acids is 2. The summed E-state index contributed by atoms with van der Waals surface area (Å²) >= 11 is 6.49. The average Bonchev–Trinajstić information content (AvgIpc) is 2.55. The van der Waals surface area contributed by atoms with Crippen LogP contribution >= 0.6 is 31.9 Å². The van der Waals surface area contributed by atoms with E-state index < -0.39 is 24.3 Å². The third-order valence-electron chi connectivity index (χ3n) is 3.23. The van der Waals surface area contributed by atoms with Crippen molar-refractivity contribution in [1.82, 2.24) is 5.32 Å². The van der Waals surface area contributed by atoms with E-state index in [0.717, 1.165) is 16.1 Å². The zero-order chi connectivity index (χ0) is 17.7. The van der Waals surface area contributed by atoms with Crippen molar-refractivity contribution in [1.29, 1.82) is 0 Å². The summed E-state index contributed by atoms with van der Waals surface area (Å²) in [7, 11) is 0. The monoisotopic (exact) mass is 457 g/mol. The van der Waals surface area contributed by atoms with Gasteiger partial charge in [-0.25, -0.2) is 9.18 Å². The molecule has 0 fully saturated rings. The van der Waals surface area contributed by atoms with Crippen molar-refractivity contribution >= 4 is 43.7 Å². The maximum atomic E-state index is 13.6. The van der Waals surface area contributed by atoms with Gasteiger partial charge in [-0.3, -0.25) is 4.79 Å². The van der Waals surface area contributed by atoms with Crippen LogP contribution in [0.3, 0.4) is 0 Å². The predicted molar refractivity (Wildman–Crippen MR) is 95.1 cm³/mol. The predicted octanol–water partition coefficient (Wildman–Crippen LogP) is 4.38. The number of esters is 1. The Morgan fingerprint density at radius 3 is 2.42 bits per heavy atom. The summed E-state index contributed by atoms with van der Waals surface area (Å²) in [5, 5.41) is 2.71. The van der Waals surface area contributed by atoms with Crippen LogP contribution in [0, 0.1) is 5.82 Å². The number of carbonyl (C=O) groups is 2. The minimum Gasteiger partial charge on any atom is -0.452 e. The highest BCUT2D eigenvalue weighted by molar-refractivity contribution is 9.10. The summed E-state index contributed by atoms with van der Waals surface area (Å²) in [4.78, 5) is 23.7. The second kappa shape index (κ2) is 8.39. The molecule has 2 aromatic rings. The molecular weight excluding hydrogens is 445 g/mol. The number of hydrogen-bond donors (Lipinski definition) is 1. The van der Waals surface area contributed by atoms with Gasteiger partial charge in [-0.2, -0.15) is 0 Å². The highest BCUT2D eigenvalue weighted by atomic mass is 79.9. The van der Waals surface area contributed by atoms with Gasteiger partial charge in [0.25, 0.3) is 5.91 Å². The van der Waals surface area contributed by atoms with Crippen LogP contribution in [0.2, 0.25) is 0 Å². The van der Waals surface area contributed by atoms with Crippen LogP contribution in [0.25, 0.3) is 0 Å². The van der Waals surface area contributed by atoms with E-state index in [0.29, 0.717) is 4.47 Å². The van der Waals surface area contributed by atoms with E-state index in [1.807, 2.05) is 31.2 Å². The summed E-state index contributed by atoms with van der Waals surface area (Å²) in [5.41, 5.74) is 0.689. The molecule has 0 saturated heterocycles. The molecule has 1 atom stereocenters. The molecule has 1 amide bonds. The van der Waals surface area contributed by atoms with E-state index in [1.165, 1.54) is 12.1 Å². The fourth-order valence-corrected chi connectivity index (χ4v) is 2.61. The Balaban J connectivity index is 1.89. The molecule has 7 heteroatoms. The highest BCUT2D eigenvalue weighted by Gasteiger charge is 2.16. The quantitative estimate of drug-likeness (QED) is 0.676. The smallest absolute Gasteiger partial charge is 0.341 e. The first-order chi connectivity index (χ1) is 11.4. The lowest BCUT2D eigenvalue weighted by atomic mass is 10.1. The highest BCUT2D eigenvalue weighted by Crippen LogP contribution is 2.17. The molecule has 2 aromatic carbocycles. The summed E-state index contributed by atoms with van der Waals surface area (Å²) in [6.07, 6.45) is 0. The average molecular weight is 459 g/mol. The number of rotatable bonds is 5. The molecule has 24 heavy (non-hydrogen) atoms. The molecule has 2 rings (SSSR count). The maximum absolute atomic E-state index is 13.6. The molecule has 0 spiro atoms. The lowest BCUT2D eigenvalue weighted by Gasteiger charge is -2.14. The third-order valence-corrected chi connectivity index (χ3v) is 4.25. The van der Waals surface area contributed by atoms with E-state index in [9.17, 15) is 14.0 Å². The van der Waals surface area contributed by atoms with Crippen molar-refractivity contribution in [3.63, 3.8) is 0 Å². The Labute approximate surface area is 155 Å². The van der Waals surface area contributed by atoms with Crippen LogP contribution in [0.5, 0.6) is 0 Å². The zero-order valence-corrected chi connectivity index (χ0v) is 15.9. The fourth-order valence-electron chi connectivity index (χ4n) is 1.98. The van der Waals surface area contributed by atoms with Crippen LogP contribution in [-0.4, -0.2) is 18.5 Å². The van der Waals surface area contributed by atoms with Gasteiger partial charge in [-0.15, -0.1) is 0 Å². The molecule has 0 bridgehead atoms. The first-order valence-corrected chi connectivity index (χ1v) is 8.62. The molecule has 0 heterocycles. The topological polar surface area (TPSA) is 55.4 Å². The van der Waals surface area contributed by atoms with Gasteiger partial charge in [0, 0.05) is 8.95 Å². The van der Waals surface area contributed by atoms with E-state index in [2.05, 4.69) is 37.2 Å². The third kappa shape index (κ3) is 5.14. The minimum atomic E-state index is -0.889. The lowest BCUT2D eigenvalue weighted by molar-refractivity contribution is -0.124. The molecule has 0 saturated carbocycles. The van der Waals surface area contributed by atoms with Gasteiger partial charge in [0.1, 0.15) is 5.82 Å². The molecule has 0 radical (unpaired) electrons. The Kier molecular flexibility index (Phi) is 6.51. The second-order valence-electron chi connectivity index (χ2n) is 5.04. The standard InChI is InChI=1S/C17H14Br2FNO3/c1-10(11-2-4-12(18)5-3-11)21-16(22)9-24-17(23)14-8-13(19)6-7-15(14)20/h2-8,10H,9H2,1H3,(H,21,22). The molecule has 126 valence electrons. The van der Waals surface area contributed by atoms with Crippen LogP contribution in [0.1, 0.15) is 28.9 Å². The van der Waals surface area contributed by atoms with Crippen LogP contribution in [0.4, 0.5) is 4.39 Å². The molecular formula is C17H14Br2FNO3. The molecule has 0 aliphatic rings.